The molecule has 0 saturated carbocycles. The standard InChI is InChI=1S/C21H19FN2O4/c22-14-5-7-15(8-6-14)23-12-10-17(19(23)25)20(26)24-11-9-13-3-1-2-4-16(13)18(24)21(27)28/h1-8,17-18H,9-12H2,(H,27,28). The molecule has 2 atom stereocenters. The van der Waals surface area contributed by atoms with Crippen molar-refractivity contribution in [1.82, 2.24) is 4.90 Å². The van der Waals surface area contributed by atoms with Crippen LogP contribution < -0.4 is 4.90 Å². The van der Waals surface area contributed by atoms with Crippen LogP contribution in [-0.4, -0.2) is 40.9 Å². The van der Waals surface area contributed by atoms with Gasteiger partial charge in [0.25, 0.3) is 0 Å². The number of halogens is 1. The van der Waals surface area contributed by atoms with Crippen molar-refractivity contribution < 1.29 is 23.9 Å². The van der Waals surface area contributed by atoms with Crippen LogP contribution in [0.1, 0.15) is 23.6 Å². The first-order valence-electron chi connectivity index (χ1n) is 9.15. The van der Waals surface area contributed by atoms with Gasteiger partial charge in [-0.1, -0.05) is 24.3 Å². The van der Waals surface area contributed by atoms with Crippen LogP contribution in [0, 0.1) is 11.7 Å². The van der Waals surface area contributed by atoms with E-state index in [9.17, 15) is 23.9 Å². The molecule has 1 saturated heterocycles. The van der Waals surface area contributed by atoms with Crippen LogP contribution >= 0.6 is 0 Å². The number of anilines is 1. The number of carboxylic acids is 1. The lowest BCUT2D eigenvalue weighted by Crippen LogP contribution is -2.47. The lowest BCUT2D eigenvalue weighted by molar-refractivity contribution is -0.154. The van der Waals surface area contributed by atoms with Gasteiger partial charge in [-0.15, -0.1) is 0 Å². The van der Waals surface area contributed by atoms with E-state index in [-0.39, 0.29) is 12.5 Å². The molecule has 2 aromatic carbocycles. The molecule has 2 unspecified atom stereocenters. The van der Waals surface area contributed by atoms with Crippen LogP contribution in [-0.2, 0) is 20.8 Å². The highest BCUT2D eigenvalue weighted by atomic mass is 19.1. The second kappa shape index (κ2) is 7.07. The van der Waals surface area contributed by atoms with Gasteiger partial charge in [-0.05, 0) is 48.2 Å². The van der Waals surface area contributed by atoms with Crippen LogP contribution in [0.5, 0.6) is 0 Å². The minimum atomic E-state index is -1.11. The highest BCUT2D eigenvalue weighted by molar-refractivity contribution is 6.10. The SMILES string of the molecule is O=C(O)C1c2ccccc2CCN1C(=O)C1CCN(c2ccc(F)cc2)C1=O. The zero-order valence-electron chi connectivity index (χ0n) is 15.0. The van der Waals surface area contributed by atoms with Gasteiger partial charge in [-0.25, -0.2) is 9.18 Å². The molecule has 6 nitrogen and oxygen atoms in total. The summed E-state index contributed by atoms with van der Waals surface area (Å²) in [4.78, 5) is 40.6. The number of carbonyl (C=O) groups is 3. The van der Waals surface area contributed by atoms with Crippen molar-refractivity contribution in [3.05, 3.63) is 65.5 Å². The number of carboxylic acid groups (broad SMARTS) is 1. The molecule has 2 aliphatic heterocycles. The molecule has 0 aromatic heterocycles. The van der Waals surface area contributed by atoms with E-state index in [1.54, 1.807) is 12.1 Å². The second-order valence-corrected chi connectivity index (χ2v) is 7.03. The van der Waals surface area contributed by atoms with E-state index in [4.69, 9.17) is 0 Å². The van der Waals surface area contributed by atoms with Crippen molar-refractivity contribution in [2.45, 2.75) is 18.9 Å². The average Bonchev–Trinajstić information content (AvgIpc) is 3.08. The molecule has 0 bridgehead atoms. The molecule has 0 radical (unpaired) electrons. The van der Waals surface area contributed by atoms with Crippen molar-refractivity contribution in [3.8, 4) is 0 Å². The molecule has 28 heavy (non-hydrogen) atoms. The summed E-state index contributed by atoms with van der Waals surface area (Å²) < 4.78 is 13.1. The van der Waals surface area contributed by atoms with E-state index < -0.39 is 29.7 Å². The van der Waals surface area contributed by atoms with E-state index in [1.807, 2.05) is 12.1 Å². The molecule has 0 spiro atoms. The van der Waals surface area contributed by atoms with Gasteiger partial charge in [-0.3, -0.25) is 9.59 Å². The molecule has 1 N–H and O–H groups in total. The van der Waals surface area contributed by atoms with E-state index in [0.717, 1.165) is 5.56 Å². The Balaban J connectivity index is 1.58. The fraction of sp³-hybridized carbons (Fsp3) is 0.286. The Kier molecular flexibility index (Phi) is 4.58. The van der Waals surface area contributed by atoms with Gasteiger partial charge in [0.1, 0.15) is 11.7 Å². The molecule has 2 amide bonds. The minimum absolute atomic E-state index is 0.257. The van der Waals surface area contributed by atoms with E-state index >= 15 is 0 Å². The van der Waals surface area contributed by atoms with E-state index in [1.165, 1.54) is 34.1 Å². The van der Waals surface area contributed by atoms with Crippen LogP contribution in [0.4, 0.5) is 10.1 Å². The zero-order valence-corrected chi connectivity index (χ0v) is 15.0. The van der Waals surface area contributed by atoms with Crippen LogP contribution in [0.3, 0.4) is 0 Å². The van der Waals surface area contributed by atoms with Crippen molar-refractivity contribution in [2.75, 3.05) is 18.0 Å². The fourth-order valence-electron chi connectivity index (χ4n) is 4.06. The molecule has 2 aromatic rings. The smallest absolute Gasteiger partial charge is 0.331 e. The van der Waals surface area contributed by atoms with E-state index in [0.29, 0.717) is 30.6 Å². The predicted molar refractivity (Wildman–Crippen MR) is 99.1 cm³/mol. The van der Waals surface area contributed by atoms with Gasteiger partial charge in [0.15, 0.2) is 6.04 Å². The zero-order chi connectivity index (χ0) is 19.8. The lowest BCUT2D eigenvalue weighted by Gasteiger charge is -2.36. The fourth-order valence-corrected chi connectivity index (χ4v) is 4.06. The number of hydrogen-bond donors (Lipinski definition) is 1. The minimum Gasteiger partial charge on any atom is -0.479 e. The molecule has 2 aliphatic rings. The van der Waals surface area contributed by atoms with Gasteiger partial charge < -0.3 is 14.9 Å². The maximum absolute atomic E-state index is 13.1. The summed E-state index contributed by atoms with van der Waals surface area (Å²) in [5.74, 6) is -3.27. The number of fused-ring (bicyclic) bond motifs is 1. The largest absolute Gasteiger partial charge is 0.479 e. The molecule has 144 valence electrons. The Morgan fingerprint density at radius 3 is 2.46 bits per heavy atom. The summed E-state index contributed by atoms with van der Waals surface area (Å²) in [6.45, 7) is 0.593. The van der Waals surface area contributed by atoms with Crippen LogP contribution in [0.2, 0.25) is 0 Å². The van der Waals surface area contributed by atoms with Crippen molar-refractivity contribution in [1.29, 1.82) is 0 Å². The first-order valence-corrected chi connectivity index (χ1v) is 9.15. The number of benzene rings is 2. The Morgan fingerprint density at radius 1 is 1.04 bits per heavy atom. The normalized spacial score (nSPS) is 21.5. The third-order valence-corrected chi connectivity index (χ3v) is 5.44. The maximum Gasteiger partial charge on any atom is 0.331 e. The number of rotatable bonds is 3. The Morgan fingerprint density at radius 2 is 1.75 bits per heavy atom. The van der Waals surface area contributed by atoms with Gasteiger partial charge in [-0.2, -0.15) is 0 Å². The third-order valence-electron chi connectivity index (χ3n) is 5.44. The first kappa shape index (κ1) is 18.2. The number of nitrogens with zero attached hydrogens (tertiary/aromatic N) is 2. The summed E-state index contributed by atoms with van der Waals surface area (Å²) in [6.07, 6.45) is 0.855. The van der Waals surface area contributed by atoms with Crippen LogP contribution in [0.25, 0.3) is 0 Å². The molecule has 2 heterocycles. The highest BCUT2D eigenvalue weighted by Crippen LogP contribution is 2.34. The summed E-state index contributed by atoms with van der Waals surface area (Å²) in [5.41, 5.74) is 2.03. The molecular formula is C21H19FN2O4. The molecule has 1 fully saturated rings. The third kappa shape index (κ3) is 3.02. The van der Waals surface area contributed by atoms with Crippen molar-refractivity contribution >= 4 is 23.5 Å². The number of aliphatic carboxylic acids is 1. The maximum atomic E-state index is 13.1. The second-order valence-electron chi connectivity index (χ2n) is 7.03. The van der Waals surface area contributed by atoms with Crippen molar-refractivity contribution in [2.24, 2.45) is 5.92 Å². The Hall–Kier alpha value is -3.22. The first-order chi connectivity index (χ1) is 13.5. The van der Waals surface area contributed by atoms with E-state index in [2.05, 4.69) is 0 Å². The van der Waals surface area contributed by atoms with Gasteiger partial charge in [0, 0.05) is 18.8 Å². The predicted octanol–water partition coefficient (Wildman–Crippen LogP) is 2.39. The summed E-state index contributed by atoms with van der Waals surface area (Å²) in [7, 11) is 0. The average molecular weight is 382 g/mol. The molecular weight excluding hydrogens is 363 g/mol. The molecule has 4 rings (SSSR count). The van der Waals surface area contributed by atoms with Gasteiger partial charge in [0.05, 0.1) is 0 Å². The molecule has 0 aliphatic carbocycles. The Labute approximate surface area is 161 Å². The summed E-state index contributed by atoms with van der Waals surface area (Å²) >= 11 is 0. The number of carbonyl (C=O) groups excluding carboxylic acids is 2. The Bertz CT molecular complexity index is 944. The number of amides is 2. The van der Waals surface area contributed by atoms with Gasteiger partial charge in [0.2, 0.25) is 11.8 Å². The summed E-state index contributed by atoms with van der Waals surface area (Å²) in [6, 6.07) is 11.6. The summed E-state index contributed by atoms with van der Waals surface area (Å²) in [5, 5.41) is 9.74. The highest BCUT2D eigenvalue weighted by Gasteiger charge is 2.44. The monoisotopic (exact) mass is 382 g/mol. The van der Waals surface area contributed by atoms with Crippen LogP contribution in [0.15, 0.2) is 48.5 Å². The van der Waals surface area contributed by atoms with Gasteiger partial charge >= 0.3 is 5.97 Å². The quantitative estimate of drug-likeness (QED) is 0.827. The lowest BCUT2D eigenvalue weighted by atomic mass is 9.91. The topological polar surface area (TPSA) is 77.9 Å². The molecule has 7 heteroatoms. The number of hydrogen-bond acceptors (Lipinski definition) is 3. The van der Waals surface area contributed by atoms with Crippen molar-refractivity contribution in [3.63, 3.8) is 0 Å².